The van der Waals surface area contributed by atoms with E-state index < -0.39 is 39.0 Å². The van der Waals surface area contributed by atoms with Crippen LogP contribution in [0.2, 0.25) is 0 Å². The van der Waals surface area contributed by atoms with Gasteiger partial charge in [0, 0.05) is 17.5 Å². The number of rotatable bonds is 4. The van der Waals surface area contributed by atoms with Crippen LogP contribution in [0.25, 0.3) is 0 Å². The lowest BCUT2D eigenvalue weighted by Gasteiger charge is -2.27. The monoisotopic (exact) mass is 351 g/mol. The number of hydrogen-bond acceptors (Lipinski definition) is 2. The summed E-state index contributed by atoms with van der Waals surface area (Å²) in [7, 11) is -3.99. The van der Waals surface area contributed by atoms with Gasteiger partial charge in [-0.15, -0.1) is 0 Å². The molecule has 0 bridgehead atoms. The molecule has 0 spiro atoms. The first-order chi connectivity index (χ1) is 9.80. The number of nitrogens with one attached hydrogen (secondary N) is 1. The predicted molar refractivity (Wildman–Crippen MR) is 63.1 cm³/mol. The summed E-state index contributed by atoms with van der Waals surface area (Å²) in [6, 6.07) is 3.43. The van der Waals surface area contributed by atoms with Gasteiger partial charge >= 0.3 is 17.4 Å². The second-order valence-corrected chi connectivity index (χ2v) is 5.59. The smallest absolute Gasteiger partial charge is 0.326 e. The zero-order valence-corrected chi connectivity index (χ0v) is 11.5. The first kappa shape index (κ1) is 18.4. The topological polar surface area (TPSA) is 46.2 Å². The SMILES string of the molecule is CC(=O)Nc1cccc([S@](=O)C(F)(F)C(F)(F)C(F)(F)F)c1. The van der Waals surface area contributed by atoms with Gasteiger partial charge in [0.05, 0.1) is 0 Å². The number of hydrogen-bond donors (Lipinski definition) is 1. The van der Waals surface area contributed by atoms with Crippen LogP contribution in [0.5, 0.6) is 0 Å². The highest BCUT2D eigenvalue weighted by Gasteiger charge is 2.75. The standard InChI is InChI=1S/C11H8F7NO2S/c1-6(20)19-7-3-2-4-8(5-7)22(21)11(17,18)9(12,13)10(14,15)16/h2-5H,1H3,(H,19,20)/t22-/m0/s1. The average Bonchev–Trinajstić information content (AvgIpc) is 2.35. The van der Waals surface area contributed by atoms with E-state index in [1.54, 1.807) is 0 Å². The van der Waals surface area contributed by atoms with E-state index in [0.29, 0.717) is 12.1 Å². The molecule has 0 aliphatic carbocycles. The predicted octanol–water partition coefficient (Wildman–Crippen LogP) is 3.54. The summed E-state index contributed by atoms with van der Waals surface area (Å²) in [4.78, 5) is 9.79. The van der Waals surface area contributed by atoms with Crippen LogP contribution in [-0.4, -0.2) is 27.5 Å². The molecular formula is C11H8F7NO2S. The fourth-order valence-corrected chi connectivity index (χ4v) is 2.40. The zero-order chi connectivity index (χ0) is 17.3. The number of amides is 1. The van der Waals surface area contributed by atoms with Gasteiger partial charge in [0.2, 0.25) is 5.91 Å². The minimum absolute atomic E-state index is 0.176. The first-order valence-electron chi connectivity index (χ1n) is 5.42. The maximum absolute atomic E-state index is 13.3. The maximum Gasteiger partial charge on any atom is 0.461 e. The molecule has 1 aromatic rings. The molecule has 1 atom stereocenters. The molecule has 0 radical (unpaired) electrons. The maximum atomic E-state index is 13.3. The molecular weight excluding hydrogens is 343 g/mol. The fourth-order valence-electron chi connectivity index (χ4n) is 1.32. The van der Waals surface area contributed by atoms with Crippen molar-refractivity contribution in [2.24, 2.45) is 0 Å². The van der Waals surface area contributed by atoms with Gasteiger partial charge in [0.25, 0.3) is 0 Å². The Bertz CT molecular complexity index is 600. The van der Waals surface area contributed by atoms with Crippen LogP contribution in [0.4, 0.5) is 36.4 Å². The lowest BCUT2D eigenvalue weighted by molar-refractivity contribution is -0.331. The second kappa shape index (κ2) is 5.86. The Morgan fingerprint density at radius 1 is 1.09 bits per heavy atom. The van der Waals surface area contributed by atoms with Gasteiger partial charge in [-0.05, 0) is 18.2 Å². The Hall–Kier alpha value is -1.65. The van der Waals surface area contributed by atoms with Gasteiger partial charge in [0.1, 0.15) is 10.8 Å². The van der Waals surface area contributed by atoms with E-state index in [2.05, 4.69) is 5.32 Å². The van der Waals surface area contributed by atoms with Crippen LogP contribution < -0.4 is 5.32 Å². The quantitative estimate of drug-likeness (QED) is 0.844. The van der Waals surface area contributed by atoms with Crippen molar-refractivity contribution in [3.63, 3.8) is 0 Å². The number of alkyl halides is 7. The van der Waals surface area contributed by atoms with Crippen molar-refractivity contribution in [2.75, 3.05) is 5.32 Å². The minimum Gasteiger partial charge on any atom is -0.326 e. The fraction of sp³-hybridized carbons (Fsp3) is 0.364. The van der Waals surface area contributed by atoms with Crippen molar-refractivity contribution in [1.82, 2.24) is 0 Å². The zero-order valence-electron chi connectivity index (χ0n) is 10.7. The van der Waals surface area contributed by atoms with Gasteiger partial charge in [-0.2, -0.15) is 30.7 Å². The molecule has 0 unspecified atom stereocenters. The van der Waals surface area contributed by atoms with Crippen LogP contribution in [0.1, 0.15) is 6.92 Å². The Morgan fingerprint density at radius 3 is 2.09 bits per heavy atom. The van der Waals surface area contributed by atoms with Crippen molar-refractivity contribution in [2.45, 2.75) is 29.2 Å². The Labute approximate surface area is 122 Å². The number of halogens is 7. The lowest BCUT2D eigenvalue weighted by atomic mass is 10.3. The van der Waals surface area contributed by atoms with E-state index >= 15 is 0 Å². The summed E-state index contributed by atoms with van der Waals surface area (Å²) < 4.78 is 99.8. The van der Waals surface area contributed by atoms with Gasteiger partial charge in [-0.25, -0.2) is 4.21 Å². The highest BCUT2D eigenvalue weighted by molar-refractivity contribution is 7.86. The molecule has 124 valence electrons. The molecule has 22 heavy (non-hydrogen) atoms. The number of carbonyl (C=O) groups excluding carboxylic acids is 1. The van der Waals surface area contributed by atoms with E-state index in [4.69, 9.17) is 0 Å². The van der Waals surface area contributed by atoms with E-state index in [1.807, 2.05) is 0 Å². The van der Waals surface area contributed by atoms with Crippen molar-refractivity contribution >= 4 is 22.4 Å². The molecule has 11 heteroatoms. The third kappa shape index (κ3) is 3.39. The molecule has 0 aromatic heterocycles. The molecule has 1 aromatic carbocycles. The highest BCUT2D eigenvalue weighted by Crippen LogP contribution is 2.49. The van der Waals surface area contributed by atoms with Gasteiger partial charge in [-0.1, -0.05) is 6.07 Å². The van der Waals surface area contributed by atoms with Crippen LogP contribution in [-0.2, 0) is 15.6 Å². The Morgan fingerprint density at radius 2 is 1.64 bits per heavy atom. The largest absolute Gasteiger partial charge is 0.461 e. The van der Waals surface area contributed by atoms with Gasteiger partial charge in [-0.3, -0.25) is 4.79 Å². The van der Waals surface area contributed by atoms with Crippen LogP contribution in [0.3, 0.4) is 0 Å². The molecule has 0 saturated heterocycles. The molecule has 0 saturated carbocycles. The summed E-state index contributed by atoms with van der Waals surface area (Å²) in [6.45, 7) is 1.05. The molecule has 0 fully saturated rings. The number of carbonyl (C=O) groups is 1. The molecule has 0 aliphatic rings. The summed E-state index contributed by atoms with van der Waals surface area (Å²) >= 11 is 0. The second-order valence-electron chi connectivity index (χ2n) is 4.07. The minimum atomic E-state index is -6.57. The summed E-state index contributed by atoms with van der Waals surface area (Å²) in [5, 5.41) is -3.78. The van der Waals surface area contributed by atoms with E-state index in [-0.39, 0.29) is 5.69 Å². The average molecular weight is 351 g/mol. The molecule has 0 heterocycles. The van der Waals surface area contributed by atoms with Crippen molar-refractivity contribution in [3.05, 3.63) is 24.3 Å². The van der Waals surface area contributed by atoms with Crippen LogP contribution >= 0.6 is 0 Å². The Kier molecular flexibility index (Phi) is 4.90. The van der Waals surface area contributed by atoms with Gasteiger partial charge < -0.3 is 5.32 Å². The Balaban J connectivity index is 3.22. The molecule has 1 N–H and O–H groups in total. The lowest BCUT2D eigenvalue weighted by Crippen LogP contribution is -2.54. The molecule has 0 aliphatic heterocycles. The van der Waals surface area contributed by atoms with Crippen molar-refractivity contribution in [3.8, 4) is 0 Å². The molecule has 3 nitrogen and oxygen atoms in total. The number of anilines is 1. The summed E-state index contributed by atoms with van der Waals surface area (Å²) in [5.74, 6) is -7.12. The molecule has 1 amide bonds. The summed E-state index contributed by atoms with van der Waals surface area (Å²) in [6.07, 6.45) is -6.57. The van der Waals surface area contributed by atoms with Crippen molar-refractivity contribution in [1.29, 1.82) is 0 Å². The van der Waals surface area contributed by atoms with Crippen LogP contribution in [0.15, 0.2) is 29.2 Å². The van der Waals surface area contributed by atoms with E-state index in [1.165, 1.54) is 0 Å². The van der Waals surface area contributed by atoms with Gasteiger partial charge in [0.15, 0.2) is 0 Å². The van der Waals surface area contributed by atoms with Crippen molar-refractivity contribution < 1.29 is 39.7 Å². The summed E-state index contributed by atoms with van der Waals surface area (Å²) in [5.41, 5.74) is -0.176. The van der Waals surface area contributed by atoms with E-state index in [9.17, 15) is 39.7 Å². The van der Waals surface area contributed by atoms with Crippen LogP contribution in [0, 0.1) is 0 Å². The number of benzene rings is 1. The highest BCUT2D eigenvalue weighted by atomic mass is 32.2. The third-order valence-electron chi connectivity index (χ3n) is 2.32. The first-order valence-corrected chi connectivity index (χ1v) is 6.57. The third-order valence-corrected chi connectivity index (χ3v) is 3.73. The normalized spacial score (nSPS) is 14.5. The van der Waals surface area contributed by atoms with E-state index in [0.717, 1.165) is 19.1 Å². The molecule has 1 rings (SSSR count).